The molecule has 2 aromatic carbocycles. The lowest BCUT2D eigenvalue weighted by Crippen LogP contribution is -2.29. The van der Waals surface area contributed by atoms with E-state index in [-0.39, 0.29) is 11.1 Å². The molecule has 0 bridgehead atoms. The van der Waals surface area contributed by atoms with Gasteiger partial charge in [-0.2, -0.15) is 5.10 Å². The number of nitrogens with one attached hydrogen (secondary N) is 1. The van der Waals surface area contributed by atoms with Gasteiger partial charge in [-0.25, -0.2) is 4.39 Å². The number of anilines is 2. The van der Waals surface area contributed by atoms with Gasteiger partial charge in [0.2, 0.25) is 5.43 Å². The maximum absolute atomic E-state index is 13.5. The van der Waals surface area contributed by atoms with E-state index >= 15 is 0 Å². The predicted molar refractivity (Wildman–Crippen MR) is 107 cm³/mol. The second kappa shape index (κ2) is 7.42. The largest absolute Gasteiger partial charge is 0.372 e. The Morgan fingerprint density at radius 1 is 1.07 bits per heavy atom. The van der Waals surface area contributed by atoms with Crippen LogP contribution in [0.2, 0.25) is 0 Å². The number of benzene rings is 2. The number of hydrogen-bond acceptors (Lipinski definition) is 4. The molecule has 0 atom stereocenters. The van der Waals surface area contributed by atoms with Gasteiger partial charge in [0.15, 0.2) is 5.69 Å². The van der Waals surface area contributed by atoms with Crippen LogP contribution >= 0.6 is 0 Å². The van der Waals surface area contributed by atoms with E-state index in [0.717, 1.165) is 24.8 Å². The summed E-state index contributed by atoms with van der Waals surface area (Å²) in [7, 11) is 1.61. The van der Waals surface area contributed by atoms with Gasteiger partial charge in [-0.3, -0.25) is 14.3 Å². The number of hydrogen-bond donors (Lipinski definition) is 1. The molecule has 144 valence electrons. The zero-order valence-corrected chi connectivity index (χ0v) is 15.6. The first-order chi connectivity index (χ1) is 13.5. The molecule has 6 nitrogen and oxygen atoms in total. The Kier molecular flexibility index (Phi) is 4.81. The molecule has 0 unspecified atom stereocenters. The van der Waals surface area contributed by atoms with Crippen LogP contribution in [-0.4, -0.2) is 28.8 Å². The second-order valence-corrected chi connectivity index (χ2v) is 7.01. The summed E-state index contributed by atoms with van der Waals surface area (Å²) in [4.78, 5) is 27.6. The average Bonchev–Trinajstić information content (AvgIpc) is 2.71. The van der Waals surface area contributed by atoms with Crippen molar-refractivity contribution in [2.45, 2.75) is 19.3 Å². The monoisotopic (exact) mass is 380 g/mol. The molecule has 3 aromatic rings. The van der Waals surface area contributed by atoms with Crippen molar-refractivity contribution in [1.82, 2.24) is 9.78 Å². The smallest absolute Gasteiger partial charge is 0.280 e. The van der Waals surface area contributed by atoms with E-state index in [0.29, 0.717) is 11.2 Å². The van der Waals surface area contributed by atoms with Crippen LogP contribution < -0.4 is 15.6 Å². The first-order valence-corrected chi connectivity index (χ1v) is 9.36. The fourth-order valence-electron chi connectivity index (χ4n) is 3.60. The summed E-state index contributed by atoms with van der Waals surface area (Å²) in [5, 5.41) is 6.92. The lowest BCUT2D eigenvalue weighted by Gasteiger charge is -2.28. The van der Waals surface area contributed by atoms with Gasteiger partial charge in [0, 0.05) is 31.5 Å². The molecule has 0 spiro atoms. The lowest BCUT2D eigenvalue weighted by molar-refractivity contribution is 0.101. The Morgan fingerprint density at radius 3 is 2.50 bits per heavy atom. The third-order valence-corrected chi connectivity index (χ3v) is 5.08. The minimum Gasteiger partial charge on any atom is -0.372 e. The zero-order valence-electron chi connectivity index (χ0n) is 15.6. The maximum Gasteiger partial charge on any atom is 0.280 e. The van der Waals surface area contributed by atoms with Crippen molar-refractivity contribution in [2.75, 3.05) is 23.3 Å². The highest BCUT2D eigenvalue weighted by atomic mass is 19.1. The van der Waals surface area contributed by atoms with E-state index in [4.69, 9.17) is 0 Å². The molecule has 0 aliphatic carbocycles. The van der Waals surface area contributed by atoms with Crippen LogP contribution in [0.25, 0.3) is 10.9 Å². The highest BCUT2D eigenvalue weighted by Gasteiger charge is 2.17. The predicted octanol–water partition coefficient (Wildman–Crippen LogP) is 3.32. The Hall–Kier alpha value is -3.22. The summed E-state index contributed by atoms with van der Waals surface area (Å²) < 4.78 is 15.0. The first-order valence-electron chi connectivity index (χ1n) is 9.36. The molecule has 1 amide bonds. The molecule has 0 radical (unpaired) electrons. The molecule has 1 fully saturated rings. The highest BCUT2D eigenvalue weighted by molar-refractivity contribution is 6.04. The molecule has 1 N–H and O–H groups in total. The number of carbonyl (C=O) groups is 1. The molecular formula is C21H21FN4O2. The molecule has 4 rings (SSSR count). The van der Waals surface area contributed by atoms with Crippen LogP contribution in [0.15, 0.2) is 47.3 Å². The number of aromatic nitrogens is 2. The minimum absolute atomic E-state index is 0.128. The Morgan fingerprint density at radius 2 is 1.79 bits per heavy atom. The van der Waals surface area contributed by atoms with Gasteiger partial charge in [-0.1, -0.05) is 0 Å². The van der Waals surface area contributed by atoms with Gasteiger partial charge in [0.05, 0.1) is 10.9 Å². The Balaban J connectivity index is 1.58. The minimum atomic E-state index is -0.613. The number of aryl methyl sites for hydroxylation is 1. The molecule has 0 saturated carbocycles. The van der Waals surface area contributed by atoms with Crippen molar-refractivity contribution in [2.24, 2.45) is 7.05 Å². The third kappa shape index (κ3) is 3.47. The molecule has 1 aliphatic rings. The quantitative estimate of drug-likeness (QED) is 0.757. The number of nitrogens with zero attached hydrogens (tertiary/aromatic N) is 3. The standard InChI is InChI=1S/C21H21FN4O2/c1-25-18-10-5-14(22)13-17(18)20(27)19(24-25)21(28)23-15-6-8-16(9-7-15)26-11-3-2-4-12-26/h5-10,13H,2-4,11-12H2,1H3,(H,23,28). The number of carbonyl (C=O) groups excluding carboxylic acids is 1. The number of rotatable bonds is 3. The molecular weight excluding hydrogens is 359 g/mol. The molecule has 1 aromatic heterocycles. The summed E-state index contributed by atoms with van der Waals surface area (Å²) >= 11 is 0. The van der Waals surface area contributed by atoms with Gasteiger partial charge in [0.25, 0.3) is 5.91 Å². The van der Waals surface area contributed by atoms with Crippen molar-refractivity contribution >= 4 is 28.2 Å². The summed E-state index contributed by atoms with van der Waals surface area (Å²) in [6.45, 7) is 2.08. The number of piperidine rings is 1. The van der Waals surface area contributed by atoms with E-state index in [1.807, 2.05) is 24.3 Å². The van der Waals surface area contributed by atoms with Crippen LogP contribution in [0.5, 0.6) is 0 Å². The van der Waals surface area contributed by atoms with E-state index < -0.39 is 17.2 Å². The van der Waals surface area contributed by atoms with Crippen molar-refractivity contribution in [3.63, 3.8) is 0 Å². The van der Waals surface area contributed by atoms with Gasteiger partial charge < -0.3 is 10.2 Å². The highest BCUT2D eigenvalue weighted by Crippen LogP contribution is 2.22. The van der Waals surface area contributed by atoms with Crippen LogP contribution in [0.1, 0.15) is 29.8 Å². The molecule has 2 heterocycles. The number of amides is 1. The summed E-state index contributed by atoms with van der Waals surface area (Å²) in [5.74, 6) is -1.15. The van der Waals surface area contributed by atoms with E-state index in [2.05, 4.69) is 15.3 Å². The van der Waals surface area contributed by atoms with Crippen molar-refractivity contribution in [3.8, 4) is 0 Å². The van der Waals surface area contributed by atoms with Crippen molar-refractivity contribution in [1.29, 1.82) is 0 Å². The molecule has 1 aliphatic heterocycles. The number of fused-ring (bicyclic) bond motifs is 1. The summed E-state index contributed by atoms with van der Waals surface area (Å²) in [5.41, 5.74) is 1.31. The van der Waals surface area contributed by atoms with Gasteiger partial charge >= 0.3 is 0 Å². The Labute approximate surface area is 161 Å². The Bertz CT molecular complexity index is 1090. The van der Waals surface area contributed by atoms with Crippen molar-refractivity contribution < 1.29 is 9.18 Å². The number of halogens is 1. The fourth-order valence-corrected chi connectivity index (χ4v) is 3.60. The average molecular weight is 380 g/mol. The van der Waals surface area contributed by atoms with E-state index in [9.17, 15) is 14.0 Å². The van der Waals surface area contributed by atoms with Crippen LogP contribution in [-0.2, 0) is 7.05 Å². The molecule has 1 saturated heterocycles. The zero-order chi connectivity index (χ0) is 19.7. The van der Waals surface area contributed by atoms with E-state index in [1.54, 1.807) is 7.05 Å². The van der Waals surface area contributed by atoms with Crippen LogP contribution in [0.3, 0.4) is 0 Å². The summed E-state index contributed by atoms with van der Waals surface area (Å²) in [6.07, 6.45) is 3.65. The van der Waals surface area contributed by atoms with Crippen molar-refractivity contribution in [3.05, 3.63) is 64.2 Å². The molecule has 28 heavy (non-hydrogen) atoms. The maximum atomic E-state index is 13.5. The first kappa shape index (κ1) is 18.2. The van der Waals surface area contributed by atoms with Gasteiger partial charge in [-0.15, -0.1) is 0 Å². The third-order valence-electron chi connectivity index (χ3n) is 5.08. The topological polar surface area (TPSA) is 67.2 Å². The van der Waals surface area contributed by atoms with Crippen LogP contribution in [0.4, 0.5) is 15.8 Å². The molecule has 7 heteroatoms. The second-order valence-electron chi connectivity index (χ2n) is 7.01. The van der Waals surface area contributed by atoms with Gasteiger partial charge in [0.1, 0.15) is 5.82 Å². The summed E-state index contributed by atoms with van der Waals surface area (Å²) in [6, 6.07) is 11.4. The lowest BCUT2D eigenvalue weighted by atomic mass is 10.1. The van der Waals surface area contributed by atoms with Gasteiger partial charge in [-0.05, 0) is 61.7 Å². The normalized spacial score (nSPS) is 14.3. The van der Waals surface area contributed by atoms with Crippen LogP contribution in [0, 0.1) is 5.82 Å². The fraction of sp³-hybridized carbons (Fsp3) is 0.286. The SMILES string of the molecule is Cn1nc(C(=O)Nc2ccc(N3CCCCC3)cc2)c(=O)c2cc(F)ccc21. The van der Waals surface area contributed by atoms with E-state index in [1.165, 1.54) is 36.1 Å².